The van der Waals surface area contributed by atoms with E-state index in [-0.39, 0.29) is 5.57 Å². The Labute approximate surface area is 181 Å². The van der Waals surface area contributed by atoms with Crippen molar-refractivity contribution in [1.29, 1.82) is 0 Å². The Hall–Kier alpha value is -3.45. The molecule has 0 aliphatic carbocycles. The SMILES string of the molecule is CCOc1ccc(/C=C2/C(=O)NC(=O)N(c3cccc(Br)c3)C2=O)c2ccccc12. The third-order valence-corrected chi connectivity index (χ3v) is 5.18. The van der Waals surface area contributed by atoms with E-state index in [1.54, 1.807) is 36.4 Å². The third kappa shape index (κ3) is 3.59. The summed E-state index contributed by atoms with van der Waals surface area (Å²) in [5, 5.41) is 3.95. The zero-order chi connectivity index (χ0) is 21.3. The maximum atomic E-state index is 13.1. The number of nitrogens with zero attached hydrogens (tertiary/aromatic N) is 1. The highest BCUT2D eigenvalue weighted by Gasteiger charge is 2.37. The van der Waals surface area contributed by atoms with Gasteiger partial charge in [0.2, 0.25) is 0 Å². The lowest BCUT2D eigenvalue weighted by Crippen LogP contribution is -2.54. The van der Waals surface area contributed by atoms with Crippen LogP contribution in [-0.4, -0.2) is 24.5 Å². The highest BCUT2D eigenvalue weighted by atomic mass is 79.9. The van der Waals surface area contributed by atoms with Crippen LogP contribution in [0.1, 0.15) is 12.5 Å². The molecule has 4 amide bonds. The molecule has 6 nitrogen and oxygen atoms in total. The van der Waals surface area contributed by atoms with Gasteiger partial charge in [0.25, 0.3) is 11.8 Å². The van der Waals surface area contributed by atoms with Crippen LogP contribution in [-0.2, 0) is 9.59 Å². The maximum Gasteiger partial charge on any atom is 0.335 e. The number of halogens is 1. The zero-order valence-corrected chi connectivity index (χ0v) is 17.6. The first-order valence-electron chi connectivity index (χ1n) is 9.31. The number of carbonyl (C=O) groups is 3. The number of fused-ring (bicyclic) bond motifs is 1. The molecule has 3 aromatic carbocycles. The van der Waals surface area contributed by atoms with Gasteiger partial charge in [0.15, 0.2) is 0 Å². The van der Waals surface area contributed by atoms with Gasteiger partial charge in [0.05, 0.1) is 12.3 Å². The molecule has 1 heterocycles. The Bertz CT molecular complexity index is 1220. The number of hydrogen-bond donors (Lipinski definition) is 1. The Morgan fingerprint density at radius 2 is 1.77 bits per heavy atom. The number of imide groups is 2. The number of nitrogens with one attached hydrogen (secondary N) is 1. The highest BCUT2D eigenvalue weighted by Crippen LogP contribution is 2.31. The van der Waals surface area contributed by atoms with E-state index in [9.17, 15) is 14.4 Å². The van der Waals surface area contributed by atoms with Crippen molar-refractivity contribution in [3.8, 4) is 5.75 Å². The topological polar surface area (TPSA) is 75.7 Å². The Kier molecular flexibility index (Phi) is 5.37. The lowest BCUT2D eigenvalue weighted by Gasteiger charge is -2.26. The fourth-order valence-corrected chi connectivity index (χ4v) is 3.75. The fraction of sp³-hybridized carbons (Fsp3) is 0.0870. The standard InChI is InChI=1S/C23H17BrN2O4/c1-2-30-20-11-10-14(17-8-3-4-9-18(17)20)12-19-21(27)25-23(29)26(22(19)28)16-7-5-6-15(24)13-16/h3-13H,2H2,1H3,(H,25,27,29)/b19-12-. The molecule has 0 unspecified atom stereocenters. The van der Waals surface area contributed by atoms with Crippen LogP contribution >= 0.6 is 15.9 Å². The lowest BCUT2D eigenvalue weighted by atomic mass is 10.00. The van der Waals surface area contributed by atoms with Crippen molar-refractivity contribution >= 4 is 56.3 Å². The number of carbonyl (C=O) groups excluding carboxylic acids is 3. The third-order valence-electron chi connectivity index (χ3n) is 4.69. The van der Waals surface area contributed by atoms with Crippen LogP contribution in [0, 0.1) is 0 Å². The van der Waals surface area contributed by atoms with Gasteiger partial charge in [-0.25, -0.2) is 9.69 Å². The normalized spacial score (nSPS) is 15.6. The van der Waals surface area contributed by atoms with E-state index in [2.05, 4.69) is 21.2 Å². The molecule has 1 N–H and O–H groups in total. The summed E-state index contributed by atoms with van der Waals surface area (Å²) in [7, 11) is 0. The molecule has 0 atom stereocenters. The van der Waals surface area contributed by atoms with Crippen LogP contribution in [0.2, 0.25) is 0 Å². The number of urea groups is 1. The molecule has 1 saturated heterocycles. The van der Waals surface area contributed by atoms with E-state index in [1.807, 2.05) is 31.2 Å². The predicted octanol–water partition coefficient (Wildman–Crippen LogP) is 4.67. The summed E-state index contributed by atoms with van der Waals surface area (Å²) in [5.74, 6) is -0.686. The molecule has 0 bridgehead atoms. The van der Waals surface area contributed by atoms with Crippen molar-refractivity contribution in [2.24, 2.45) is 0 Å². The van der Waals surface area contributed by atoms with E-state index < -0.39 is 17.8 Å². The van der Waals surface area contributed by atoms with Crippen molar-refractivity contribution in [3.05, 3.63) is 76.3 Å². The molecule has 0 spiro atoms. The quantitative estimate of drug-likeness (QED) is 0.449. The summed E-state index contributed by atoms with van der Waals surface area (Å²) in [5.41, 5.74) is 0.918. The summed E-state index contributed by atoms with van der Waals surface area (Å²) >= 11 is 3.33. The Balaban J connectivity index is 1.81. The van der Waals surface area contributed by atoms with Crippen LogP contribution in [0.3, 0.4) is 0 Å². The zero-order valence-electron chi connectivity index (χ0n) is 16.0. The minimum absolute atomic E-state index is 0.121. The Morgan fingerprint density at radius 1 is 1.00 bits per heavy atom. The molecule has 7 heteroatoms. The molecule has 3 aromatic rings. The average Bonchev–Trinajstić information content (AvgIpc) is 2.72. The number of barbiturate groups is 1. The molecule has 4 rings (SSSR count). The number of hydrogen-bond acceptors (Lipinski definition) is 4. The van der Waals surface area contributed by atoms with Crippen LogP contribution in [0.15, 0.2) is 70.7 Å². The first-order valence-corrected chi connectivity index (χ1v) is 10.1. The van der Waals surface area contributed by atoms with Crippen molar-refractivity contribution in [3.63, 3.8) is 0 Å². The van der Waals surface area contributed by atoms with E-state index >= 15 is 0 Å². The second-order valence-electron chi connectivity index (χ2n) is 6.57. The second-order valence-corrected chi connectivity index (χ2v) is 7.48. The molecule has 150 valence electrons. The van der Waals surface area contributed by atoms with Crippen molar-refractivity contribution < 1.29 is 19.1 Å². The predicted molar refractivity (Wildman–Crippen MR) is 118 cm³/mol. The maximum absolute atomic E-state index is 13.1. The van der Waals surface area contributed by atoms with Crippen LogP contribution < -0.4 is 15.0 Å². The van der Waals surface area contributed by atoms with Crippen LogP contribution in [0.25, 0.3) is 16.8 Å². The second kappa shape index (κ2) is 8.12. The van der Waals surface area contributed by atoms with E-state index in [4.69, 9.17) is 4.74 Å². The van der Waals surface area contributed by atoms with Crippen molar-refractivity contribution in [2.45, 2.75) is 6.92 Å². The fourth-order valence-electron chi connectivity index (χ4n) is 3.36. The van der Waals surface area contributed by atoms with E-state index in [1.165, 1.54) is 6.08 Å². The molecule has 0 radical (unpaired) electrons. The monoisotopic (exact) mass is 464 g/mol. The van der Waals surface area contributed by atoms with Crippen molar-refractivity contribution in [2.75, 3.05) is 11.5 Å². The van der Waals surface area contributed by atoms with Gasteiger partial charge in [-0.1, -0.05) is 52.3 Å². The average molecular weight is 465 g/mol. The van der Waals surface area contributed by atoms with Gasteiger partial charge >= 0.3 is 6.03 Å². The van der Waals surface area contributed by atoms with Crippen LogP contribution in [0.5, 0.6) is 5.75 Å². The van der Waals surface area contributed by atoms with Gasteiger partial charge in [0, 0.05) is 9.86 Å². The van der Waals surface area contributed by atoms with Gasteiger partial charge in [-0.05, 0) is 48.2 Å². The molecule has 1 aliphatic heterocycles. The van der Waals surface area contributed by atoms with E-state index in [0.717, 1.165) is 21.4 Å². The minimum atomic E-state index is -0.781. The van der Waals surface area contributed by atoms with E-state index in [0.29, 0.717) is 22.3 Å². The number of ether oxygens (including phenoxy) is 1. The number of benzene rings is 3. The lowest BCUT2D eigenvalue weighted by molar-refractivity contribution is -0.122. The smallest absolute Gasteiger partial charge is 0.335 e. The number of rotatable bonds is 4. The molecular weight excluding hydrogens is 448 g/mol. The van der Waals surface area contributed by atoms with Gasteiger partial charge in [-0.2, -0.15) is 0 Å². The van der Waals surface area contributed by atoms with Crippen molar-refractivity contribution in [1.82, 2.24) is 5.32 Å². The summed E-state index contributed by atoms with van der Waals surface area (Å²) in [6.45, 7) is 2.43. The summed E-state index contributed by atoms with van der Waals surface area (Å²) in [6.07, 6.45) is 1.51. The van der Waals surface area contributed by atoms with Gasteiger partial charge in [0.1, 0.15) is 11.3 Å². The molecule has 0 saturated carbocycles. The Morgan fingerprint density at radius 3 is 2.50 bits per heavy atom. The highest BCUT2D eigenvalue weighted by molar-refractivity contribution is 9.10. The first kappa shape index (κ1) is 19.8. The largest absolute Gasteiger partial charge is 0.493 e. The summed E-state index contributed by atoms with van der Waals surface area (Å²) in [6, 6.07) is 17.2. The summed E-state index contributed by atoms with van der Waals surface area (Å²) < 4.78 is 6.39. The molecule has 30 heavy (non-hydrogen) atoms. The van der Waals surface area contributed by atoms with Crippen LogP contribution in [0.4, 0.5) is 10.5 Å². The number of anilines is 1. The molecule has 1 aliphatic rings. The summed E-state index contributed by atoms with van der Waals surface area (Å²) in [4.78, 5) is 38.9. The van der Waals surface area contributed by atoms with Gasteiger partial charge < -0.3 is 4.74 Å². The number of amides is 4. The molecular formula is C23H17BrN2O4. The van der Waals surface area contributed by atoms with Gasteiger partial charge in [-0.3, -0.25) is 14.9 Å². The van der Waals surface area contributed by atoms with Gasteiger partial charge in [-0.15, -0.1) is 0 Å². The molecule has 0 aromatic heterocycles. The minimum Gasteiger partial charge on any atom is -0.493 e. The first-order chi connectivity index (χ1) is 14.5. The molecule has 1 fully saturated rings.